The van der Waals surface area contributed by atoms with E-state index in [0.29, 0.717) is 46.0 Å². The number of aliphatic hydroxyl groups is 2. The number of furan rings is 1. The Morgan fingerprint density at radius 2 is 2.03 bits per heavy atom. The average molecular weight is 605 g/mol. The first kappa shape index (κ1) is 29.2. The molecule has 13 heteroatoms. The molecule has 0 radical (unpaired) electrons. The van der Waals surface area contributed by atoms with Gasteiger partial charge in [-0.25, -0.2) is 0 Å². The normalized spacial score (nSPS) is 20.4. The van der Waals surface area contributed by atoms with Crippen LogP contribution in [0, 0.1) is 0 Å². The molecule has 1 saturated heterocycles. The first-order valence-corrected chi connectivity index (χ1v) is 13.6. The van der Waals surface area contributed by atoms with E-state index in [1.54, 1.807) is 23.9 Å². The maximum atomic E-state index is 13.3. The Balaban J connectivity index is 1.49. The number of hydrogen-bond donors (Lipinski definition) is 5. The molecule has 5 N–H and O–H groups in total. The topological polar surface area (TPSA) is 125 Å². The molecule has 4 rings (SSSR count). The summed E-state index contributed by atoms with van der Waals surface area (Å²) in [6, 6.07) is 6.94. The van der Waals surface area contributed by atoms with Gasteiger partial charge in [-0.1, -0.05) is 40.9 Å². The lowest BCUT2D eigenvalue weighted by molar-refractivity contribution is 0.0889. The van der Waals surface area contributed by atoms with Gasteiger partial charge in [0.15, 0.2) is 5.76 Å². The fourth-order valence-electron chi connectivity index (χ4n) is 4.68. The number of rotatable bonds is 10. The van der Waals surface area contributed by atoms with Crippen molar-refractivity contribution in [1.82, 2.24) is 25.7 Å². The molecule has 4 atom stereocenters. The second kappa shape index (κ2) is 13.0. The second-order valence-electron chi connectivity index (χ2n) is 9.29. The monoisotopic (exact) mass is 603 g/mol. The number of carbonyl (C=O) groups is 1. The standard InChI is InChI=1S/C25H29Cl4N5O4/c1-34-23(20(28)10-32-34)17-8-22(38-24(17)29)25(37)33-21-11-31-14(4-5-30-9-15(36)12-35)7-16(21)13-2-3-18(26)19(27)6-13/h2-3,6,8,10,14-16,21,30-31,35-36H,4-5,7,9,11-12H2,1H3,(H,33,37)/t14?,15?,16-,21+/m0/s1. The van der Waals surface area contributed by atoms with Gasteiger partial charge < -0.3 is 30.6 Å². The molecule has 3 aromatic rings. The molecular weight excluding hydrogens is 576 g/mol. The van der Waals surface area contributed by atoms with Crippen LogP contribution < -0.4 is 16.0 Å². The minimum atomic E-state index is -0.789. The highest BCUT2D eigenvalue weighted by Gasteiger charge is 2.33. The molecule has 0 saturated carbocycles. The number of halogens is 4. The molecule has 38 heavy (non-hydrogen) atoms. The van der Waals surface area contributed by atoms with Gasteiger partial charge in [-0.3, -0.25) is 9.48 Å². The predicted octanol–water partition coefficient (Wildman–Crippen LogP) is 3.87. The van der Waals surface area contributed by atoms with Crippen LogP contribution in [0.1, 0.15) is 34.9 Å². The van der Waals surface area contributed by atoms with Crippen LogP contribution in [-0.2, 0) is 7.05 Å². The smallest absolute Gasteiger partial charge is 0.287 e. The quantitative estimate of drug-likeness (QED) is 0.223. The number of amides is 1. The van der Waals surface area contributed by atoms with Gasteiger partial charge in [-0.05, 0) is 48.7 Å². The summed E-state index contributed by atoms with van der Waals surface area (Å²) >= 11 is 25.0. The zero-order valence-corrected chi connectivity index (χ0v) is 23.6. The molecule has 0 spiro atoms. The third-order valence-electron chi connectivity index (χ3n) is 6.66. The van der Waals surface area contributed by atoms with Gasteiger partial charge in [0.2, 0.25) is 5.22 Å². The third kappa shape index (κ3) is 6.84. The Morgan fingerprint density at radius 3 is 2.71 bits per heavy atom. The first-order chi connectivity index (χ1) is 18.2. The van der Waals surface area contributed by atoms with Crippen molar-refractivity contribution in [3.63, 3.8) is 0 Å². The van der Waals surface area contributed by atoms with Crippen LogP contribution in [-0.4, -0.2) is 70.3 Å². The number of benzene rings is 1. The molecule has 1 fully saturated rings. The average Bonchev–Trinajstić information content (AvgIpc) is 3.44. The van der Waals surface area contributed by atoms with E-state index in [9.17, 15) is 9.90 Å². The summed E-state index contributed by atoms with van der Waals surface area (Å²) in [7, 11) is 1.72. The Bertz CT molecular complexity index is 1250. The van der Waals surface area contributed by atoms with Gasteiger partial charge in [0.05, 0.1) is 45.2 Å². The zero-order valence-electron chi connectivity index (χ0n) is 20.6. The lowest BCUT2D eigenvalue weighted by Crippen LogP contribution is -2.54. The van der Waals surface area contributed by atoms with Crippen molar-refractivity contribution >= 4 is 52.3 Å². The Labute approximate surface area is 240 Å². The molecule has 1 aliphatic rings. The summed E-state index contributed by atoms with van der Waals surface area (Å²) in [5, 5.41) is 33.7. The minimum Gasteiger partial charge on any atom is -0.439 e. The van der Waals surface area contributed by atoms with Gasteiger partial charge in [-0.2, -0.15) is 5.10 Å². The molecule has 0 aliphatic carbocycles. The van der Waals surface area contributed by atoms with Gasteiger partial charge >= 0.3 is 0 Å². The number of nitrogens with one attached hydrogen (secondary N) is 3. The van der Waals surface area contributed by atoms with Crippen LogP contribution in [0.15, 0.2) is 34.9 Å². The molecule has 2 aromatic heterocycles. The molecule has 9 nitrogen and oxygen atoms in total. The molecular formula is C25H29Cl4N5O4. The molecule has 3 heterocycles. The van der Waals surface area contributed by atoms with Crippen molar-refractivity contribution in [2.45, 2.75) is 36.9 Å². The van der Waals surface area contributed by atoms with Crippen LogP contribution in [0.25, 0.3) is 11.3 Å². The van der Waals surface area contributed by atoms with Crippen molar-refractivity contribution < 1.29 is 19.4 Å². The fraction of sp³-hybridized carbons (Fsp3) is 0.440. The lowest BCUT2D eigenvalue weighted by Gasteiger charge is -2.38. The van der Waals surface area contributed by atoms with Crippen LogP contribution >= 0.6 is 46.4 Å². The van der Waals surface area contributed by atoms with Crippen molar-refractivity contribution in [3.05, 3.63) is 62.1 Å². The van der Waals surface area contributed by atoms with Crippen LogP contribution in [0.4, 0.5) is 0 Å². The van der Waals surface area contributed by atoms with Crippen molar-refractivity contribution in [2.75, 3.05) is 26.2 Å². The minimum absolute atomic E-state index is 0.0438. The molecule has 1 amide bonds. The summed E-state index contributed by atoms with van der Waals surface area (Å²) in [6.45, 7) is 1.20. The molecule has 0 bridgehead atoms. The zero-order chi connectivity index (χ0) is 27.4. The van der Waals surface area contributed by atoms with Crippen molar-refractivity contribution in [2.24, 2.45) is 7.05 Å². The van der Waals surface area contributed by atoms with Crippen molar-refractivity contribution in [3.8, 4) is 11.3 Å². The number of aryl methyl sites for hydroxylation is 1. The highest BCUT2D eigenvalue weighted by molar-refractivity contribution is 6.42. The SMILES string of the molecule is Cn1ncc(Cl)c1-c1cc(C(=O)N[C@@H]2CNC(CCNCC(O)CO)C[C@H]2c2ccc(Cl)c(Cl)c2)oc1Cl. The fourth-order valence-corrected chi connectivity index (χ4v) is 5.48. The number of aliphatic hydroxyl groups excluding tert-OH is 2. The molecule has 206 valence electrons. The Hall–Kier alpha value is -1.82. The van der Waals surface area contributed by atoms with E-state index in [2.05, 4.69) is 21.0 Å². The predicted molar refractivity (Wildman–Crippen MR) is 148 cm³/mol. The first-order valence-electron chi connectivity index (χ1n) is 12.1. The number of piperidine rings is 1. The third-order valence-corrected chi connectivity index (χ3v) is 7.96. The summed E-state index contributed by atoms with van der Waals surface area (Å²) in [4.78, 5) is 13.3. The summed E-state index contributed by atoms with van der Waals surface area (Å²) in [6.07, 6.45) is 2.22. The van der Waals surface area contributed by atoms with E-state index in [0.717, 1.165) is 18.4 Å². The van der Waals surface area contributed by atoms with Crippen LogP contribution in [0.5, 0.6) is 0 Å². The Kier molecular flexibility index (Phi) is 10.00. The summed E-state index contributed by atoms with van der Waals surface area (Å²) in [5.41, 5.74) is 1.98. The summed E-state index contributed by atoms with van der Waals surface area (Å²) < 4.78 is 7.15. The largest absolute Gasteiger partial charge is 0.439 e. The highest BCUT2D eigenvalue weighted by atomic mass is 35.5. The van der Waals surface area contributed by atoms with E-state index in [-0.39, 0.29) is 35.6 Å². The van der Waals surface area contributed by atoms with E-state index >= 15 is 0 Å². The van der Waals surface area contributed by atoms with Gasteiger partial charge in [-0.15, -0.1) is 0 Å². The van der Waals surface area contributed by atoms with E-state index in [1.165, 1.54) is 6.20 Å². The number of carbonyl (C=O) groups excluding carboxylic acids is 1. The molecule has 1 aliphatic heterocycles. The van der Waals surface area contributed by atoms with Crippen LogP contribution in [0.3, 0.4) is 0 Å². The van der Waals surface area contributed by atoms with Crippen LogP contribution in [0.2, 0.25) is 20.3 Å². The highest BCUT2D eigenvalue weighted by Crippen LogP contribution is 2.36. The molecule has 2 unspecified atom stereocenters. The molecule has 1 aromatic carbocycles. The summed E-state index contributed by atoms with van der Waals surface area (Å²) in [5.74, 6) is -0.408. The van der Waals surface area contributed by atoms with Gasteiger partial charge in [0.1, 0.15) is 0 Å². The maximum Gasteiger partial charge on any atom is 0.287 e. The second-order valence-corrected chi connectivity index (χ2v) is 10.9. The van der Waals surface area contributed by atoms with E-state index in [1.807, 2.05) is 12.1 Å². The Morgan fingerprint density at radius 1 is 1.24 bits per heavy atom. The van der Waals surface area contributed by atoms with Gasteiger partial charge in [0, 0.05) is 44.2 Å². The van der Waals surface area contributed by atoms with E-state index < -0.39 is 12.0 Å². The van der Waals surface area contributed by atoms with Crippen molar-refractivity contribution in [1.29, 1.82) is 0 Å². The number of hydrogen-bond acceptors (Lipinski definition) is 7. The van der Waals surface area contributed by atoms with Gasteiger partial charge in [0.25, 0.3) is 5.91 Å². The maximum absolute atomic E-state index is 13.3. The van der Waals surface area contributed by atoms with E-state index in [4.69, 9.17) is 55.9 Å². The lowest BCUT2D eigenvalue weighted by atomic mass is 9.81. The number of aromatic nitrogens is 2. The number of nitrogens with zero attached hydrogens (tertiary/aromatic N) is 2.